The molecular formula is C22H22N2O2. The van der Waals surface area contributed by atoms with E-state index in [4.69, 9.17) is 4.74 Å². The van der Waals surface area contributed by atoms with Gasteiger partial charge in [0.25, 0.3) is 0 Å². The van der Waals surface area contributed by atoms with Gasteiger partial charge in [-0.1, -0.05) is 42.5 Å². The average Bonchev–Trinajstić information content (AvgIpc) is 2.70. The number of nitriles is 1. The van der Waals surface area contributed by atoms with Gasteiger partial charge in [0, 0.05) is 19.6 Å². The molecule has 0 radical (unpaired) electrons. The third-order valence-corrected chi connectivity index (χ3v) is 4.75. The van der Waals surface area contributed by atoms with Crippen molar-refractivity contribution in [3.05, 3.63) is 76.9 Å². The summed E-state index contributed by atoms with van der Waals surface area (Å²) >= 11 is 0. The van der Waals surface area contributed by atoms with E-state index >= 15 is 0 Å². The van der Waals surface area contributed by atoms with Crippen molar-refractivity contribution in [3.8, 4) is 6.07 Å². The Morgan fingerprint density at radius 1 is 1.08 bits per heavy atom. The summed E-state index contributed by atoms with van der Waals surface area (Å²) in [7, 11) is 1.36. The van der Waals surface area contributed by atoms with Gasteiger partial charge in [0.15, 0.2) is 0 Å². The topological polar surface area (TPSA) is 53.3 Å². The third-order valence-electron chi connectivity index (χ3n) is 4.75. The zero-order valence-electron chi connectivity index (χ0n) is 14.9. The zero-order valence-corrected chi connectivity index (χ0v) is 14.9. The Hall–Kier alpha value is -2.90. The molecule has 0 saturated carbocycles. The number of ether oxygens (including phenoxy) is 1. The van der Waals surface area contributed by atoms with Crippen LogP contribution in [0.2, 0.25) is 0 Å². The van der Waals surface area contributed by atoms with E-state index in [2.05, 4.69) is 35.2 Å². The number of piperidine rings is 1. The SMILES string of the molecule is COC(=O)c1cccc(C(C#N)=C2CCN(Cc3ccccc3)CC2)c1. The van der Waals surface area contributed by atoms with Crippen LogP contribution >= 0.6 is 0 Å². The molecule has 0 N–H and O–H groups in total. The fourth-order valence-electron chi connectivity index (χ4n) is 3.34. The predicted octanol–water partition coefficient (Wildman–Crippen LogP) is 4.05. The monoisotopic (exact) mass is 346 g/mol. The maximum absolute atomic E-state index is 11.7. The molecule has 2 aromatic rings. The Bertz CT molecular complexity index is 840. The summed E-state index contributed by atoms with van der Waals surface area (Å²) in [5.41, 5.74) is 4.43. The Morgan fingerprint density at radius 2 is 1.77 bits per heavy atom. The van der Waals surface area contributed by atoms with Gasteiger partial charge >= 0.3 is 5.97 Å². The Kier molecular flexibility index (Phi) is 5.83. The quantitative estimate of drug-likeness (QED) is 0.619. The highest BCUT2D eigenvalue weighted by atomic mass is 16.5. The molecule has 0 aromatic heterocycles. The molecule has 4 nitrogen and oxygen atoms in total. The van der Waals surface area contributed by atoms with Gasteiger partial charge in [0.05, 0.1) is 24.3 Å². The van der Waals surface area contributed by atoms with E-state index in [0.717, 1.165) is 38.0 Å². The number of carbonyl (C=O) groups is 1. The van der Waals surface area contributed by atoms with Crippen molar-refractivity contribution in [1.29, 1.82) is 5.26 Å². The van der Waals surface area contributed by atoms with Gasteiger partial charge in [0.1, 0.15) is 0 Å². The Morgan fingerprint density at radius 3 is 2.42 bits per heavy atom. The molecule has 0 unspecified atom stereocenters. The molecule has 1 aliphatic heterocycles. The number of hydrogen-bond acceptors (Lipinski definition) is 4. The highest BCUT2D eigenvalue weighted by Gasteiger charge is 2.19. The first-order chi connectivity index (χ1) is 12.7. The minimum Gasteiger partial charge on any atom is -0.465 e. The molecular weight excluding hydrogens is 324 g/mol. The molecule has 0 bridgehead atoms. The van der Waals surface area contributed by atoms with Crippen LogP contribution in [0.15, 0.2) is 60.2 Å². The summed E-state index contributed by atoms with van der Waals surface area (Å²) in [6.07, 6.45) is 1.75. The van der Waals surface area contributed by atoms with Gasteiger partial charge in [-0.2, -0.15) is 5.26 Å². The number of allylic oxidation sites excluding steroid dienone is 1. The molecule has 1 aliphatic rings. The van der Waals surface area contributed by atoms with Crippen LogP contribution in [0.4, 0.5) is 0 Å². The van der Waals surface area contributed by atoms with Crippen molar-refractivity contribution in [2.75, 3.05) is 20.2 Å². The second-order valence-electron chi connectivity index (χ2n) is 6.42. The largest absolute Gasteiger partial charge is 0.465 e. The lowest BCUT2D eigenvalue weighted by Crippen LogP contribution is -2.30. The molecule has 0 spiro atoms. The second-order valence-corrected chi connectivity index (χ2v) is 6.42. The van der Waals surface area contributed by atoms with Crippen molar-refractivity contribution < 1.29 is 9.53 Å². The van der Waals surface area contributed by atoms with Crippen molar-refractivity contribution in [1.82, 2.24) is 4.90 Å². The van der Waals surface area contributed by atoms with Crippen LogP contribution in [-0.2, 0) is 11.3 Å². The Labute approximate surface area is 154 Å². The molecule has 0 amide bonds. The highest BCUT2D eigenvalue weighted by molar-refractivity contribution is 5.91. The van der Waals surface area contributed by atoms with Gasteiger partial charge in [-0.25, -0.2) is 4.79 Å². The molecule has 1 saturated heterocycles. The standard InChI is InChI=1S/C22H22N2O2/c1-26-22(25)20-9-5-8-19(14-20)21(15-23)18-10-12-24(13-11-18)16-17-6-3-2-4-7-17/h2-9,14H,10-13,16H2,1H3. The van der Waals surface area contributed by atoms with E-state index in [1.807, 2.05) is 12.1 Å². The lowest BCUT2D eigenvalue weighted by atomic mass is 9.93. The summed E-state index contributed by atoms with van der Waals surface area (Å²) in [5, 5.41) is 9.68. The van der Waals surface area contributed by atoms with Crippen LogP contribution in [-0.4, -0.2) is 31.1 Å². The average molecular weight is 346 g/mol. The molecule has 1 fully saturated rings. The van der Waals surface area contributed by atoms with Crippen molar-refractivity contribution in [2.45, 2.75) is 19.4 Å². The molecule has 0 aliphatic carbocycles. The van der Waals surface area contributed by atoms with Crippen molar-refractivity contribution >= 4 is 11.5 Å². The molecule has 26 heavy (non-hydrogen) atoms. The Balaban J connectivity index is 1.74. The van der Waals surface area contributed by atoms with E-state index in [-0.39, 0.29) is 5.97 Å². The lowest BCUT2D eigenvalue weighted by Gasteiger charge is -2.29. The smallest absolute Gasteiger partial charge is 0.337 e. The minimum absolute atomic E-state index is 0.383. The van der Waals surface area contributed by atoms with Crippen LogP contribution in [0.25, 0.3) is 5.57 Å². The van der Waals surface area contributed by atoms with Crippen molar-refractivity contribution in [3.63, 3.8) is 0 Å². The zero-order chi connectivity index (χ0) is 18.4. The number of hydrogen-bond donors (Lipinski definition) is 0. The van der Waals surface area contributed by atoms with E-state index < -0.39 is 0 Å². The number of nitrogens with zero attached hydrogens (tertiary/aromatic N) is 2. The maximum atomic E-state index is 11.7. The maximum Gasteiger partial charge on any atom is 0.337 e. The van der Waals surface area contributed by atoms with Gasteiger partial charge in [-0.05, 0) is 41.7 Å². The summed E-state index contributed by atoms with van der Waals surface area (Å²) in [6.45, 7) is 2.81. The third kappa shape index (κ3) is 4.19. The number of rotatable bonds is 4. The first-order valence-corrected chi connectivity index (χ1v) is 8.78. The molecule has 1 heterocycles. The summed E-state index contributed by atoms with van der Waals surface area (Å²) in [4.78, 5) is 14.2. The highest BCUT2D eigenvalue weighted by Crippen LogP contribution is 2.27. The fraction of sp³-hybridized carbons (Fsp3) is 0.273. The van der Waals surface area contributed by atoms with Gasteiger partial charge in [0.2, 0.25) is 0 Å². The summed E-state index contributed by atoms with van der Waals surface area (Å²) in [6, 6.07) is 19.9. The number of likely N-dealkylation sites (tertiary alicyclic amines) is 1. The second kappa shape index (κ2) is 8.46. The van der Waals surface area contributed by atoms with Crippen LogP contribution in [0.1, 0.15) is 34.3 Å². The van der Waals surface area contributed by atoms with Crippen LogP contribution in [0.3, 0.4) is 0 Å². The van der Waals surface area contributed by atoms with Crippen LogP contribution < -0.4 is 0 Å². The molecule has 132 valence electrons. The number of carbonyl (C=O) groups excluding carboxylic acids is 1. The van der Waals surface area contributed by atoms with E-state index in [1.54, 1.807) is 18.2 Å². The minimum atomic E-state index is -0.383. The number of benzene rings is 2. The fourth-order valence-corrected chi connectivity index (χ4v) is 3.34. The van der Waals surface area contributed by atoms with Gasteiger partial charge in [-0.15, -0.1) is 0 Å². The van der Waals surface area contributed by atoms with Crippen LogP contribution in [0, 0.1) is 11.3 Å². The van der Waals surface area contributed by atoms with Crippen molar-refractivity contribution in [2.24, 2.45) is 0 Å². The molecule has 3 rings (SSSR count). The molecule has 2 aromatic carbocycles. The molecule has 4 heteroatoms. The van der Waals surface area contributed by atoms with Gasteiger partial charge < -0.3 is 4.74 Å². The van der Waals surface area contributed by atoms with Crippen LogP contribution in [0.5, 0.6) is 0 Å². The number of esters is 1. The summed E-state index contributed by atoms with van der Waals surface area (Å²) in [5.74, 6) is -0.383. The van der Waals surface area contributed by atoms with Gasteiger partial charge in [-0.3, -0.25) is 4.90 Å². The summed E-state index contributed by atoms with van der Waals surface area (Å²) < 4.78 is 4.78. The number of methoxy groups -OCH3 is 1. The predicted molar refractivity (Wildman–Crippen MR) is 101 cm³/mol. The molecule has 0 atom stereocenters. The first kappa shape index (κ1) is 17.9. The van der Waals surface area contributed by atoms with E-state index in [9.17, 15) is 10.1 Å². The van der Waals surface area contributed by atoms with E-state index in [1.165, 1.54) is 18.2 Å². The lowest BCUT2D eigenvalue weighted by molar-refractivity contribution is 0.0600. The van der Waals surface area contributed by atoms with E-state index in [0.29, 0.717) is 11.1 Å². The normalized spacial score (nSPS) is 14.5. The first-order valence-electron chi connectivity index (χ1n) is 8.78.